The summed E-state index contributed by atoms with van der Waals surface area (Å²) in [6, 6.07) is 21.4. The van der Waals surface area contributed by atoms with E-state index in [0.717, 1.165) is 21.0 Å². The first-order chi connectivity index (χ1) is 15.2. The van der Waals surface area contributed by atoms with Gasteiger partial charge in [0.05, 0.1) is 10.6 Å². The zero-order valence-electron chi connectivity index (χ0n) is 18.4. The maximum Gasteiger partial charge on any atom is 0.264 e. The van der Waals surface area contributed by atoms with E-state index in [0.29, 0.717) is 17.3 Å². The molecule has 0 aliphatic rings. The Labute approximate surface area is 195 Å². The number of sulfonamides is 1. The highest BCUT2D eigenvalue weighted by Crippen LogP contribution is 2.28. The molecule has 0 radical (unpaired) electrons. The molecule has 3 aromatic carbocycles. The number of nitrogens with one attached hydrogen (secondary N) is 1. The van der Waals surface area contributed by atoms with Crippen molar-refractivity contribution in [3.05, 3.63) is 94.5 Å². The van der Waals surface area contributed by atoms with E-state index in [1.165, 1.54) is 0 Å². The van der Waals surface area contributed by atoms with E-state index in [-0.39, 0.29) is 23.3 Å². The molecule has 5 nitrogen and oxygen atoms in total. The number of benzene rings is 3. The van der Waals surface area contributed by atoms with Crippen LogP contribution in [0.5, 0.6) is 0 Å². The number of hydrogen-bond acceptors (Lipinski definition) is 3. The van der Waals surface area contributed by atoms with Crippen molar-refractivity contribution in [1.29, 1.82) is 0 Å². The molecule has 0 aliphatic heterocycles. The second-order valence-electron chi connectivity index (χ2n) is 7.87. The quantitative estimate of drug-likeness (QED) is 0.499. The van der Waals surface area contributed by atoms with Gasteiger partial charge in [-0.05, 0) is 55.2 Å². The second kappa shape index (κ2) is 10.2. The molecule has 0 spiro atoms. The van der Waals surface area contributed by atoms with Crippen LogP contribution in [0.3, 0.4) is 0 Å². The van der Waals surface area contributed by atoms with Crippen LogP contribution in [0.15, 0.2) is 77.7 Å². The summed E-state index contributed by atoms with van der Waals surface area (Å²) < 4.78 is 28.0. The van der Waals surface area contributed by atoms with Crippen molar-refractivity contribution in [3.8, 4) is 0 Å². The summed E-state index contributed by atoms with van der Waals surface area (Å²) in [5.41, 5.74) is 3.21. The van der Waals surface area contributed by atoms with E-state index < -0.39 is 10.0 Å². The average molecular weight is 471 g/mol. The standard InChI is InChI=1S/C25H27ClN2O3S/c1-18-9-13-23(14-10-18)32(30,31)28(22-12-11-19(2)24(26)15-22)17-25(29)27-16-20(3)21-7-5-4-6-8-21/h4-15,20H,16-17H2,1-3H3,(H,27,29)/t20-/m1/s1. The molecule has 168 valence electrons. The van der Waals surface area contributed by atoms with Crippen LogP contribution >= 0.6 is 11.6 Å². The minimum absolute atomic E-state index is 0.0936. The zero-order chi connectivity index (χ0) is 23.3. The highest BCUT2D eigenvalue weighted by atomic mass is 35.5. The van der Waals surface area contributed by atoms with Crippen LogP contribution in [-0.2, 0) is 14.8 Å². The normalized spacial score (nSPS) is 12.2. The summed E-state index contributed by atoms with van der Waals surface area (Å²) in [7, 11) is -3.97. The van der Waals surface area contributed by atoms with Crippen molar-refractivity contribution >= 4 is 33.2 Å². The molecule has 0 aliphatic carbocycles. The summed E-state index contributed by atoms with van der Waals surface area (Å²) in [4.78, 5) is 12.9. The van der Waals surface area contributed by atoms with Gasteiger partial charge in [-0.2, -0.15) is 0 Å². The molecule has 3 aromatic rings. The van der Waals surface area contributed by atoms with Gasteiger partial charge in [0.15, 0.2) is 0 Å². The van der Waals surface area contributed by atoms with E-state index in [2.05, 4.69) is 5.32 Å². The van der Waals surface area contributed by atoms with Crippen molar-refractivity contribution in [2.45, 2.75) is 31.6 Å². The molecule has 7 heteroatoms. The molecule has 1 atom stereocenters. The van der Waals surface area contributed by atoms with Crippen LogP contribution in [0.2, 0.25) is 5.02 Å². The zero-order valence-corrected chi connectivity index (χ0v) is 20.0. The molecule has 32 heavy (non-hydrogen) atoms. The van der Waals surface area contributed by atoms with Gasteiger partial charge in [-0.25, -0.2) is 8.42 Å². The largest absolute Gasteiger partial charge is 0.354 e. The lowest BCUT2D eigenvalue weighted by molar-refractivity contribution is -0.119. The molecule has 0 fully saturated rings. The maximum absolute atomic E-state index is 13.4. The van der Waals surface area contributed by atoms with Crippen LogP contribution < -0.4 is 9.62 Å². The van der Waals surface area contributed by atoms with Gasteiger partial charge in [0.1, 0.15) is 6.54 Å². The van der Waals surface area contributed by atoms with E-state index in [4.69, 9.17) is 11.6 Å². The third-order valence-electron chi connectivity index (χ3n) is 5.31. The summed E-state index contributed by atoms with van der Waals surface area (Å²) in [5.74, 6) is -0.295. The van der Waals surface area contributed by atoms with Gasteiger partial charge in [0, 0.05) is 11.6 Å². The Morgan fingerprint density at radius 3 is 2.28 bits per heavy atom. The van der Waals surface area contributed by atoms with Gasteiger partial charge in [-0.1, -0.05) is 72.6 Å². The Morgan fingerprint density at radius 1 is 1.00 bits per heavy atom. The van der Waals surface area contributed by atoms with Gasteiger partial charge in [0.25, 0.3) is 10.0 Å². The fourth-order valence-corrected chi connectivity index (χ4v) is 4.83. The van der Waals surface area contributed by atoms with Gasteiger partial charge in [-0.3, -0.25) is 9.10 Å². The van der Waals surface area contributed by atoms with Gasteiger partial charge >= 0.3 is 0 Å². The summed E-state index contributed by atoms with van der Waals surface area (Å²) in [6.45, 7) is 5.78. The van der Waals surface area contributed by atoms with Gasteiger partial charge in [0.2, 0.25) is 5.91 Å². The first-order valence-corrected chi connectivity index (χ1v) is 12.2. The van der Waals surface area contributed by atoms with Crippen LogP contribution in [0.4, 0.5) is 5.69 Å². The Morgan fingerprint density at radius 2 is 1.66 bits per heavy atom. The predicted octanol–water partition coefficient (Wildman–Crippen LogP) is 5.07. The molecule has 0 bridgehead atoms. The second-order valence-corrected chi connectivity index (χ2v) is 10.1. The third kappa shape index (κ3) is 5.69. The van der Waals surface area contributed by atoms with Gasteiger partial charge in [-0.15, -0.1) is 0 Å². The summed E-state index contributed by atoms with van der Waals surface area (Å²) >= 11 is 6.26. The number of nitrogens with zero attached hydrogens (tertiary/aromatic N) is 1. The number of aryl methyl sites for hydroxylation is 2. The molecule has 0 saturated heterocycles. The van der Waals surface area contributed by atoms with E-state index in [9.17, 15) is 13.2 Å². The lowest BCUT2D eigenvalue weighted by atomic mass is 10.0. The maximum atomic E-state index is 13.4. The first-order valence-electron chi connectivity index (χ1n) is 10.4. The lowest BCUT2D eigenvalue weighted by Crippen LogP contribution is -2.41. The predicted molar refractivity (Wildman–Crippen MR) is 130 cm³/mol. The van der Waals surface area contributed by atoms with E-state index >= 15 is 0 Å². The van der Waals surface area contributed by atoms with Crippen LogP contribution in [-0.4, -0.2) is 27.4 Å². The van der Waals surface area contributed by atoms with Crippen LogP contribution in [0.25, 0.3) is 0 Å². The first kappa shape index (κ1) is 23.8. The average Bonchev–Trinajstić information content (AvgIpc) is 2.78. The fraction of sp³-hybridized carbons (Fsp3) is 0.240. The fourth-order valence-electron chi connectivity index (χ4n) is 3.24. The van der Waals surface area contributed by atoms with Crippen molar-refractivity contribution in [3.63, 3.8) is 0 Å². The Bertz CT molecular complexity index is 1180. The Hall–Kier alpha value is -2.83. The number of anilines is 1. The van der Waals surface area contributed by atoms with Crippen LogP contribution in [0, 0.1) is 13.8 Å². The minimum atomic E-state index is -3.97. The molecular formula is C25H27ClN2O3S. The van der Waals surface area contributed by atoms with Crippen molar-refractivity contribution < 1.29 is 13.2 Å². The molecule has 1 amide bonds. The highest BCUT2D eigenvalue weighted by molar-refractivity contribution is 7.92. The molecular weight excluding hydrogens is 444 g/mol. The SMILES string of the molecule is Cc1ccc(S(=O)(=O)N(CC(=O)NC[C@@H](C)c2ccccc2)c2ccc(C)c(Cl)c2)cc1. The van der Waals surface area contributed by atoms with Crippen molar-refractivity contribution in [1.82, 2.24) is 5.32 Å². The van der Waals surface area contributed by atoms with E-state index in [1.54, 1.807) is 42.5 Å². The summed E-state index contributed by atoms with van der Waals surface area (Å²) in [5, 5.41) is 3.30. The lowest BCUT2D eigenvalue weighted by Gasteiger charge is -2.25. The number of carbonyl (C=O) groups is 1. The number of amides is 1. The van der Waals surface area contributed by atoms with Crippen molar-refractivity contribution in [2.24, 2.45) is 0 Å². The van der Waals surface area contributed by atoms with E-state index in [1.807, 2.05) is 51.1 Å². The molecule has 0 aromatic heterocycles. The summed E-state index contributed by atoms with van der Waals surface area (Å²) in [6.07, 6.45) is 0. The Kier molecular flexibility index (Phi) is 7.59. The number of hydrogen-bond donors (Lipinski definition) is 1. The molecule has 3 rings (SSSR count). The number of rotatable bonds is 8. The topological polar surface area (TPSA) is 66.5 Å². The highest BCUT2D eigenvalue weighted by Gasteiger charge is 2.27. The molecule has 0 unspecified atom stereocenters. The monoisotopic (exact) mass is 470 g/mol. The smallest absolute Gasteiger partial charge is 0.264 e. The minimum Gasteiger partial charge on any atom is -0.354 e. The molecule has 0 saturated carbocycles. The third-order valence-corrected chi connectivity index (χ3v) is 7.51. The van der Waals surface area contributed by atoms with Crippen LogP contribution in [0.1, 0.15) is 29.5 Å². The van der Waals surface area contributed by atoms with Crippen molar-refractivity contribution in [2.75, 3.05) is 17.4 Å². The number of halogens is 1. The molecule has 1 N–H and O–H groups in total. The van der Waals surface area contributed by atoms with Gasteiger partial charge < -0.3 is 5.32 Å². The number of carbonyl (C=O) groups excluding carboxylic acids is 1. The Balaban J connectivity index is 1.84. The molecule has 0 heterocycles.